The Balaban J connectivity index is 2.04. The molecule has 1 aliphatic rings. The smallest absolute Gasteiger partial charge is 0.400 e. The Labute approximate surface area is 115 Å². The summed E-state index contributed by atoms with van der Waals surface area (Å²) in [6.45, 7) is 8.22. The van der Waals surface area contributed by atoms with Crippen molar-refractivity contribution >= 4 is 13.2 Å². The fourth-order valence-electron chi connectivity index (χ4n) is 1.89. The second kappa shape index (κ2) is 5.12. The average Bonchev–Trinajstić information content (AvgIpc) is 2.56. The molecule has 3 nitrogen and oxygen atoms in total. The van der Waals surface area contributed by atoms with E-state index < -0.39 is 0 Å². The molecule has 1 N–H and O–H groups in total. The van der Waals surface area contributed by atoms with E-state index in [9.17, 15) is 0 Å². The number of aliphatic hydroxyl groups excluding tert-OH is 1. The lowest BCUT2D eigenvalue weighted by Crippen LogP contribution is -2.41. The van der Waals surface area contributed by atoms with Gasteiger partial charge in [-0.2, -0.15) is 0 Å². The van der Waals surface area contributed by atoms with Crippen LogP contribution in [0.1, 0.15) is 38.8 Å². The van der Waals surface area contributed by atoms with Gasteiger partial charge in [0.15, 0.2) is 0 Å². The minimum Gasteiger partial charge on any atom is -0.400 e. The summed E-state index contributed by atoms with van der Waals surface area (Å²) < 4.78 is 11.8. The van der Waals surface area contributed by atoms with Gasteiger partial charge in [0.1, 0.15) is 0 Å². The highest BCUT2D eigenvalue weighted by Crippen LogP contribution is 2.36. The quantitative estimate of drug-likeness (QED) is 0.849. The topological polar surface area (TPSA) is 38.7 Å². The first kappa shape index (κ1) is 14.3. The highest BCUT2D eigenvalue weighted by atomic mass is 16.7. The molecule has 0 unspecified atom stereocenters. The molecule has 0 saturated carbocycles. The molecular weight excluding hydrogens is 239 g/mol. The van der Waals surface area contributed by atoms with Crippen LogP contribution in [0.15, 0.2) is 30.2 Å². The van der Waals surface area contributed by atoms with Gasteiger partial charge in [-0.15, -0.1) is 0 Å². The zero-order chi connectivity index (χ0) is 14.1. The summed E-state index contributed by atoms with van der Waals surface area (Å²) in [5.41, 5.74) is 1.37. The molecule has 0 aromatic heterocycles. The van der Waals surface area contributed by atoms with Crippen LogP contribution < -0.4 is 0 Å². The Morgan fingerprint density at radius 3 is 2.05 bits per heavy atom. The van der Waals surface area contributed by atoms with Crippen LogP contribution >= 0.6 is 0 Å². The third-order valence-corrected chi connectivity index (χ3v) is 3.88. The van der Waals surface area contributed by atoms with Gasteiger partial charge in [0.2, 0.25) is 0 Å². The average molecular weight is 260 g/mol. The molecule has 102 valence electrons. The largest absolute Gasteiger partial charge is 0.487 e. The van der Waals surface area contributed by atoms with E-state index >= 15 is 0 Å². The fourth-order valence-corrected chi connectivity index (χ4v) is 1.89. The van der Waals surface area contributed by atoms with Crippen molar-refractivity contribution in [2.75, 3.05) is 0 Å². The summed E-state index contributed by atoms with van der Waals surface area (Å²) in [6.07, 6.45) is 1.98. The molecule has 4 heteroatoms. The molecule has 1 aliphatic heterocycles. The van der Waals surface area contributed by atoms with Gasteiger partial charge in [-0.25, -0.2) is 0 Å². The third kappa shape index (κ3) is 3.08. The van der Waals surface area contributed by atoms with E-state index in [-0.39, 0.29) is 24.9 Å². The second-order valence-electron chi connectivity index (χ2n) is 5.88. The molecule has 0 radical (unpaired) electrons. The van der Waals surface area contributed by atoms with E-state index in [0.29, 0.717) is 0 Å². The van der Waals surface area contributed by atoms with E-state index in [1.165, 1.54) is 0 Å². The highest BCUT2D eigenvalue weighted by Gasteiger charge is 2.49. The SMILES string of the molecule is CC1(C)OB(/C=C/c2ccc(CO)cc2)OC1(C)C. The van der Waals surface area contributed by atoms with Crippen molar-refractivity contribution in [3.05, 3.63) is 41.4 Å². The molecule has 1 saturated heterocycles. The molecule has 0 aliphatic carbocycles. The van der Waals surface area contributed by atoms with Crippen molar-refractivity contribution in [1.82, 2.24) is 0 Å². The van der Waals surface area contributed by atoms with E-state index in [0.717, 1.165) is 11.1 Å². The molecule has 19 heavy (non-hydrogen) atoms. The summed E-state index contributed by atoms with van der Waals surface area (Å²) in [4.78, 5) is 0. The first-order valence-corrected chi connectivity index (χ1v) is 6.58. The molecule has 1 aromatic carbocycles. The van der Waals surface area contributed by atoms with Crippen molar-refractivity contribution in [3.63, 3.8) is 0 Å². The predicted molar refractivity (Wildman–Crippen MR) is 77.5 cm³/mol. The standard InChI is InChI=1S/C15H21BO3/c1-14(2)15(3,4)19-16(18-14)10-9-12-5-7-13(11-17)8-6-12/h5-10,17H,11H2,1-4H3/b10-9+. The molecule has 0 atom stereocenters. The lowest BCUT2D eigenvalue weighted by Gasteiger charge is -2.32. The van der Waals surface area contributed by atoms with E-state index in [1.54, 1.807) is 0 Å². The summed E-state index contributed by atoms with van der Waals surface area (Å²) in [7, 11) is -0.317. The monoisotopic (exact) mass is 260 g/mol. The van der Waals surface area contributed by atoms with Crippen LogP contribution in [-0.4, -0.2) is 23.4 Å². The van der Waals surface area contributed by atoms with Crippen LogP contribution in [-0.2, 0) is 15.9 Å². The van der Waals surface area contributed by atoms with Crippen molar-refractivity contribution in [3.8, 4) is 0 Å². The van der Waals surface area contributed by atoms with Gasteiger partial charge in [0.25, 0.3) is 0 Å². The number of benzene rings is 1. The zero-order valence-corrected chi connectivity index (χ0v) is 12.0. The maximum atomic E-state index is 8.99. The molecule has 1 fully saturated rings. The molecule has 2 rings (SSSR count). The van der Waals surface area contributed by atoms with Crippen molar-refractivity contribution < 1.29 is 14.4 Å². The minimum absolute atomic E-state index is 0.0707. The molecule has 1 heterocycles. The Morgan fingerprint density at radius 2 is 1.58 bits per heavy atom. The maximum Gasteiger partial charge on any atom is 0.487 e. The lowest BCUT2D eigenvalue weighted by atomic mass is 9.89. The first-order chi connectivity index (χ1) is 8.84. The highest BCUT2D eigenvalue weighted by molar-refractivity contribution is 6.52. The van der Waals surface area contributed by atoms with Gasteiger partial charge < -0.3 is 14.4 Å². The van der Waals surface area contributed by atoms with Crippen molar-refractivity contribution in [2.45, 2.75) is 45.5 Å². The Kier molecular flexibility index (Phi) is 3.86. The summed E-state index contributed by atoms with van der Waals surface area (Å²) in [6, 6.07) is 7.74. The molecule has 0 spiro atoms. The fraction of sp³-hybridized carbons (Fsp3) is 0.467. The normalized spacial score (nSPS) is 21.2. The van der Waals surface area contributed by atoms with Gasteiger partial charge in [-0.1, -0.05) is 36.3 Å². The van der Waals surface area contributed by atoms with Crippen LogP contribution in [0.4, 0.5) is 0 Å². The van der Waals surface area contributed by atoms with Gasteiger partial charge in [-0.05, 0) is 38.8 Å². The molecule has 0 bridgehead atoms. The van der Waals surface area contributed by atoms with Crippen LogP contribution in [0, 0.1) is 0 Å². The van der Waals surface area contributed by atoms with Crippen molar-refractivity contribution in [1.29, 1.82) is 0 Å². The van der Waals surface area contributed by atoms with E-state index in [4.69, 9.17) is 14.4 Å². The van der Waals surface area contributed by atoms with Crippen LogP contribution in [0.5, 0.6) is 0 Å². The van der Waals surface area contributed by atoms with Gasteiger partial charge >= 0.3 is 7.12 Å². The zero-order valence-electron chi connectivity index (χ0n) is 12.0. The van der Waals surface area contributed by atoms with Crippen LogP contribution in [0.25, 0.3) is 6.08 Å². The Hall–Kier alpha value is -1.10. The van der Waals surface area contributed by atoms with Gasteiger partial charge in [-0.3, -0.25) is 0 Å². The third-order valence-electron chi connectivity index (χ3n) is 3.88. The van der Waals surface area contributed by atoms with E-state index in [1.807, 2.05) is 64.0 Å². The van der Waals surface area contributed by atoms with Crippen molar-refractivity contribution in [2.24, 2.45) is 0 Å². The summed E-state index contributed by atoms with van der Waals surface area (Å²) in [5, 5.41) is 8.99. The minimum atomic E-state index is -0.317. The lowest BCUT2D eigenvalue weighted by molar-refractivity contribution is 0.00578. The van der Waals surface area contributed by atoms with E-state index in [2.05, 4.69) is 0 Å². The summed E-state index contributed by atoms with van der Waals surface area (Å²) >= 11 is 0. The molecular formula is C15H21BO3. The number of aliphatic hydroxyl groups is 1. The summed E-state index contributed by atoms with van der Waals surface area (Å²) in [5.74, 6) is 1.92. The van der Waals surface area contributed by atoms with Crippen LogP contribution in [0.2, 0.25) is 0 Å². The number of rotatable bonds is 3. The number of hydrogen-bond acceptors (Lipinski definition) is 3. The maximum absolute atomic E-state index is 8.99. The predicted octanol–water partition coefficient (Wildman–Crippen LogP) is 2.82. The Bertz CT molecular complexity index is 447. The first-order valence-electron chi connectivity index (χ1n) is 6.58. The number of hydrogen-bond donors (Lipinski definition) is 1. The second-order valence-corrected chi connectivity index (χ2v) is 5.88. The van der Waals surface area contributed by atoms with Crippen LogP contribution in [0.3, 0.4) is 0 Å². The Morgan fingerprint density at radius 1 is 1.05 bits per heavy atom. The van der Waals surface area contributed by atoms with Gasteiger partial charge in [0.05, 0.1) is 17.8 Å². The molecule has 1 aromatic rings. The molecule has 0 amide bonds. The van der Waals surface area contributed by atoms with Gasteiger partial charge in [0, 0.05) is 0 Å².